The highest BCUT2D eigenvalue weighted by Gasteiger charge is 2.41. The molecule has 18 heteroatoms. The van der Waals surface area contributed by atoms with Crippen LogP contribution in [-0.4, -0.2) is 105 Å². The van der Waals surface area contributed by atoms with Crippen molar-refractivity contribution in [1.82, 2.24) is 29.6 Å². The van der Waals surface area contributed by atoms with Gasteiger partial charge in [-0.05, 0) is 36.1 Å². The number of amides is 2. The Kier molecular flexibility index (Phi) is 11.7. The number of hydrogen-bond donors (Lipinski definition) is 0. The topological polar surface area (TPSA) is 97.6 Å². The Morgan fingerprint density at radius 2 is 1.00 bits per heavy atom. The Balaban J connectivity index is 1.31. The van der Waals surface area contributed by atoms with Gasteiger partial charge >= 0.3 is 24.2 Å². The summed E-state index contributed by atoms with van der Waals surface area (Å²) in [6, 6.07) is 6.49. The molecule has 0 bridgehead atoms. The van der Waals surface area contributed by atoms with Crippen LogP contribution >= 0.6 is 23.2 Å². The number of nitrogens with zero attached hydrogens (tertiary/aromatic N) is 8. The molecule has 0 radical (unpaired) electrons. The van der Waals surface area contributed by atoms with Gasteiger partial charge in [-0.3, -0.25) is 9.59 Å². The number of halogens is 8. The molecule has 2 aliphatic rings. The summed E-state index contributed by atoms with van der Waals surface area (Å²) in [6.07, 6.45) is -4.79. The molecule has 0 spiro atoms. The minimum absolute atomic E-state index is 0.0690. The van der Waals surface area contributed by atoms with Crippen molar-refractivity contribution in [3.8, 4) is 0 Å². The van der Waals surface area contributed by atoms with Crippen molar-refractivity contribution in [2.45, 2.75) is 51.1 Å². The number of pyridine rings is 2. The molecular weight excluding hydrogens is 665 g/mol. The summed E-state index contributed by atoms with van der Waals surface area (Å²) in [7, 11) is 0. The van der Waals surface area contributed by atoms with Crippen molar-refractivity contribution in [1.29, 1.82) is 0 Å². The van der Waals surface area contributed by atoms with Crippen LogP contribution in [0.25, 0.3) is 0 Å². The Bertz CT molecular complexity index is 1310. The maximum Gasteiger partial charge on any atom is 0.473 e. The van der Waals surface area contributed by atoms with Gasteiger partial charge in [-0.1, -0.05) is 48.2 Å². The van der Waals surface area contributed by atoms with Gasteiger partial charge in [-0.2, -0.15) is 36.3 Å². The van der Waals surface area contributed by atoms with Crippen molar-refractivity contribution in [3.05, 3.63) is 58.1 Å². The second-order valence-electron chi connectivity index (χ2n) is 10.6. The summed E-state index contributed by atoms with van der Waals surface area (Å²) in [5.41, 5.74) is 1.37. The van der Waals surface area contributed by atoms with E-state index in [0.29, 0.717) is 76.1 Å². The smallest absolute Gasteiger partial charge is 0.341 e. The van der Waals surface area contributed by atoms with E-state index in [1.807, 2.05) is 0 Å². The molecule has 0 aromatic carbocycles. The summed E-state index contributed by atoms with van der Waals surface area (Å²) < 4.78 is 78.2. The van der Waals surface area contributed by atoms with Crippen LogP contribution in [0.1, 0.15) is 36.8 Å². The van der Waals surface area contributed by atoms with Crippen molar-refractivity contribution in [3.63, 3.8) is 0 Å². The van der Waals surface area contributed by atoms with Crippen LogP contribution in [0.3, 0.4) is 0 Å². The number of alkyl halides is 6. The van der Waals surface area contributed by atoms with Crippen molar-refractivity contribution in [2.75, 3.05) is 39.3 Å². The summed E-state index contributed by atoms with van der Waals surface area (Å²) in [4.78, 5) is 44.6. The van der Waals surface area contributed by atoms with Crippen LogP contribution in [0.2, 0.25) is 10.3 Å². The summed E-state index contributed by atoms with van der Waals surface area (Å²) in [5, 5.41) is 0.535. The summed E-state index contributed by atoms with van der Waals surface area (Å²) in [5.74, 6) is -4.52. The Labute approximate surface area is 270 Å². The van der Waals surface area contributed by atoms with Crippen LogP contribution in [0.5, 0.6) is 0 Å². The van der Waals surface area contributed by atoms with E-state index < -0.39 is 24.2 Å². The first-order valence-electron chi connectivity index (χ1n) is 14.3. The van der Waals surface area contributed by atoms with Crippen molar-refractivity contribution >= 4 is 46.9 Å². The number of carbonyl (C=O) groups is 2. The van der Waals surface area contributed by atoms with E-state index in [1.165, 1.54) is 12.4 Å². The molecule has 2 amide bonds. The van der Waals surface area contributed by atoms with Crippen LogP contribution < -0.4 is 0 Å². The van der Waals surface area contributed by atoms with E-state index in [0.717, 1.165) is 0 Å². The number of aliphatic imine (C=N–C) groups is 2. The van der Waals surface area contributed by atoms with Gasteiger partial charge in [0.2, 0.25) is 11.9 Å². The van der Waals surface area contributed by atoms with E-state index in [2.05, 4.69) is 20.0 Å². The molecule has 0 atom stereocenters. The normalized spacial score (nSPS) is 17.6. The third-order valence-corrected chi connectivity index (χ3v) is 7.68. The maximum atomic E-state index is 13.0. The Hall–Kier alpha value is -3.66. The second-order valence-corrected chi connectivity index (χ2v) is 11.4. The average molecular weight is 695 g/mol. The van der Waals surface area contributed by atoms with E-state index in [9.17, 15) is 35.9 Å². The van der Waals surface area contributed by atoms with Gasteiger partial charge in [-0.25, -0.2) is 9.97 Å². The highest BCUT2D eigenvalue weighted by atomic mass is 35.5. The van der Waals surface area contributed by atoms with Gasteiger partial charge in [-0.15, -0.1) is 0 Å². The molecule has 4 heterocycles. The maximum absolute atomic E-state index is 13.0. The van der Waals surface area contributed by atoms with Crippen LogP contribution in [0, 0.1) is 0 Å². The zero-order chi connectivity index (χ0) is 33.5. The van der Waals surface area contributed by atoms with Crippen LogP contribution in [-0.2, 0) is 22.7 Å². The number of hydrogen-bond acceptors (Lipinski definition) is 4. The Morgan fingerprint density at radius 3 is 1.33 bits per heavy atom. The highest BCUT2D eigenvalue weighted by Crippen LogP contribution is 2.22. The highest BCUT2D eigenvalue weighted by molar-refractivity contribution is 6.29. The zero-order valence-electron chi connectivity index (χ0n) is 24.4. The predicted molar refractivity (Wildman–Crippen MR) is 158 cm³/mol. The molecule has 2 saturated heterocycles. The molecule has 2 aliphatic heterocycles. The number of aromatic nitrogens is 2. The lowest BCUT2D eigenvalue weighted by Gasteiger charge is -2.24. The SMILES string of the molecule is O=C(N=C1N(CCCCCCN2CCN(Cc3ccc(Cl)nc3)C2=NC(=O)C(F)(F)F)CCN1Cc1ccc(Cl)nc1)C(F)(F)F. The minimum atomic E-state index is -5.11. The standard InChI is InChI=1S/C28H30Cl2F6N8O2/c29-21-7-5-19(15-37-21)17-43-13-11-41(25(43)39-23(45)27(31,32)33)9-3-1-2-4-10-42-12-14-44(18-20-6-8-22(30)38-16-20)26(42)40-24(46)28(34,35)36/h5-8,15-16H,1-4,9-14,17-18H2. The lowest BCUT2D eigenvalue weighted by atomic mass is 10.2. The molecule has 0 N–H and O–H groups in total. The largest absolute Gasteiger partial charge is 0.473 e. The number of unbranched alkanes of at least 4 members (excludes halogenated alkanes) is 3. The number of guanidine groups is 2. The van der Waals surface area contributed by atoms with Gasteiger partial charge in [0, 0.05) is 64.8 Å². The summed E-state index contributed by atoms with van der Waals surface area (Å²) >= 11 is 11.6. The quantitative estimate of drug-likeness (QED) is 0.181. The fourth-order valence-electron chi connectivity index (χ4n) is 5.00. The fourth-order valence-corrected chi connectivity index (χ4v) is 5.22. The summed E-state index contributed by atoms with van der Waals surface area (Å²) in [6.45, 7) is 2.50. The van der Waals surface area contributed by atoms with E-state index >= 15 is 0 Å². The average Bonchev–Trinajstić information content (AvgIpc) is 3.54. The molecule has 2 aromatic heterocycles. The molecular formula is C28H30Cl2F6N8O2. The van der Waals surface area contributed by atoms with Gasteiger partial charge < -0.3 is 19.6 Å². The molecule has 0 unspecified atom stereocenters. The van der Waals surface area contributed by atoms with Gasteiger partial charge in [0.05, 0.1) is 0 Å². The van der Waals surface area contributed by atoms with Crippen molar-refractivity contribution in [2.24, 2.45) is 9.98 Å². The molecule has 250 valence electrons. The number of carbonyl (C=O) groups excluding carboxylic acids is 2. The molecule has 2 fully saturated rings. The first-order chi connectivity index (χ1) is 21.7. The minimum Gasteiger partial charge on any atom is -0.341 e. The third kappa shape index (κ3) is 9.92. The van der Waals surface area contributed by atoms with Crippen molar-refractivity contribution < 1.29 is 35.9 Å². The van der Waals surface area contributed by atoms with Crippen LogP contribution in [0.4, 0.5) is 26.3 Å². The first kappa shape index (κ1) is 35.2. The second kappa shape index (κ2) is 15.3. The predicted octanol–water partition coefficient (Wildman–Crippen LogP) is 5.17. The molecule has 0 aliphatic carbocycles. The molecule has 0 saturated carbocycles. The number of rotatable bonds is 11. The lowest BCUT2D eigenvalue weighted by molar-refractivity contribution is -0.169. The van der Waals surface area contributed by atoms with E-state index in [1.54, 1.807) is 43.9 Å². The molecule has 46 heavy (non-hydrogen) atoms. The first-order valence-corrected chi connectivity index (χ1v) is 15.1. The molecule has 4 rings (SSSR count). The Morgan fingerprint density at radius 1 is 0.630 bits per heavy atom. The monoisotopic (exact) mass is 694 g/mol. The molecule has 2 aromatic rings. The van der Waals surface area contributed by atoms with E-state index in [4.69, 9.17) is 23.2 Å². The lowest BCUT2D eigenvalue weighted by Crippen LogP contribution is -2.37. The fraction of sp³-hybridized carbons (Fsp3) is 0.500. The molecule has 10 nitrogen and oxygen atoms in total. The van der Waals surface area contributed by atoms with E-state index in [-0.39, 0.29) is 35.3 Å². The zero-order valence-corrected chi connectivity index (χ0v) is 25.9. The van der Waals surface area contributed by atoms with Gasteiger partial charge in [0.1, 0.15) is 10.3 Å². The van der Waals surface area contributed by atoms with Gasteiger partial charge in [0.25, 0.3) is 0 Å². The van der Waals surface area contributed by atoms with Crippen LogP contribution in [0.15, 0.2) is 46.6 Å². The van der Waals surface area contributed by atoms with Gasteiger partial charge in [0.15, 0.2) is 0 Å². The third-order valence-electron chi connectivity index (χ3n) is 7.23.